The van der Waals surface area contributed by atoms with E-state index in [2.05, 4.69) is 10.6 Å². The molecule has 0 fully saturated rings. The van der Waals surface area contributed by atoms with Crippen molar-refractivity contribution >= 4 is 17.5 Å². The van der Waals surface area contributed by atoms with Crippen molar-refractivity contribution in [2.75, 3.05) is 19.7 Å². The number of aliphatic hydroxyl groups is 1. The SMILES string of the molecule is CC(C)(C)NC(=O)CNCC(O)COc1ccc(Cl)cc1. The molecule has 6 heteroatoms. The summed E-state index contributed by atoms with van der Waals surface area (Å²) in [6, 6.07) is 6.91. The standard InChI is InChI=1S/C15H23ClN2O3/c1-15(2,3)18-14(20)9-17-8-12(19)10-21-13-6-4-11(16)5-7-13/h4-7,12,17,19H,8-10H2,1-3H3,(H,18,20). The largest absolute Gasteiger partial charge is 0.491 e. The van der Waals surface area contributed by atoms with Crippen LogP contribution in [0.4, 0.5) is 0 Å². The minimum atomic E-state index is -0.692. The highest BCUT2D eigenvalue weighted by molar-refractivity contribution is 6.30. The fourth-order valence-electron chi connectivity index (χ4n) is 1.60. The lowest BCUT2D eigenvalue weighted by molar-refractivity contribution is -0.121. The van der Waals surface area contributed by atoms with Crippen LogP contribution in [-0.4, -0.2) is 42.4 Å². The highest BCUT2D eigenvalue weighted by atomic mass is 35.5. The van der Waals surface area contributed by atoms with Gasteiger partial charge in [0.05, 0.1) is 6.54 Å². The molecule has 0 saturated heterocycles. The zero-order chi connectivity index (χ0) is 15.9. The van der Waals surface area contributed by atoms with Gasteiger partial charge in [0.2, 0.25) is 5.91 Å². The molecule has 1 aromatic rings. The number of ether oxygens (including phenoxy) is 1. The summed E-state index contributed by atoms with van der Waals surface area (Å²) in [6.45, 7) is 6.34. The van der Waals surface area contributed by atoms with Crippen molar-refractivity contribution in [3.63, 3.8) is 0 Å². The zero-order valence-electron chi connectivity index (χ0n) is 12.6. The number of nitrogens with one attached hydrogen (secondary N) is 2. The summed E-state index contributed by atoms with van der Waals surface area (Å²) in [7, 11) is 0. The molecule has 5 nitrogen and oxygen atoms in total. The molecule has 0 spiro atoms. The Hall–Kier alpha value is -1.30. The van der Waals surface area contributed by atoms with Crippen molar-refractivity contribution in [3.8, 4) is 5.75 Å². The number of carbonyl (C=O) groups is 1. The lowest BCUT2D eigenvalue weighted by atomic mass is 10.1. The quantitative estimate of drug-likeness (QED) is 0.715. The molecule has 0 aromatic heterocycles. The summed E-state index contributed by atoms with van der Waals surface area (Å²) in [5, 5.41) is 16.1. The van der Waals surface area contributed by atoms with E-state index in [4.69, 9.17) is 16.3 Å². The first-order valence-electron chi connectivity index (χ1n) is 6.84. The van der Waals surface area contributed by atoms with E-state index in [1.807, 2.05) is 20.8 Å². The normalized spacial score (nSPS) is 12.8. The van der Waals surface area contributed by atoms with Crippen LogP contribution in [0.1, 0.15) is 20.8 Å². The van der Waals surface area contributed by atoms with Crippen LogP contribution >= 0.6 is 11.6 Å². The van der Waals surface area contributed by atoms with Gasteiger partial charge in [-0.25, -0.2) is 0 Å². The Balaban J connectivity index is 2.18. The lowest BCUT2D eigenvalue weighted by Gasteiger charge is -2.21. The van der Waals surface area contributed by atoms with Crippen LogP contribution in [0, 0.1) is 0 Å². The fourth-order valence-corrected chi connectivity index (χ4v) is 1.72. The van der Waals surface area contributed by atoms with Gasteiger partial charge in [0.15, 0.2) is 0 Å². The number of amides is 1. The molecule has 0 saturated carbocycles. The van der Waals surface area contributed by atoms with E-state index in [1.54, 1.807) is 24.3 Å². The number of benzene rings is 1. The number of rotatable bonds is 7. The molecule has 21 heavy (non-hydrogen) atoms. The molecule has 1 amide bonds. The average molecular weight is 315 g/mol. The molecular formula is C15H23ClN2O3. The van der Waals surface area contributed by atoms with E-state index >= 15 is 0 Å². The van der Waals surface area contributed by atoms with Crippen molar-refractivity contribution < 1.29 is 14.6 Å². The van der Waals surface area contributed by atoms with E-state index in [-0.39, 0.29) is 31.1 Å². The third kappa shape index (κ3) is 8.55. The minimum absolute atomic E-state index is 0.103. The highest BCUT2D eigenvalue weighted by Gasteiger charge is 2.13. The number of hydrogen-bond acceptors (Lipinski definition) is 4. The topological polar surface area (TPSA) is 70.6 Å². The third-order valence-electron chi connectivity index (χ3n) is 2.44. The monoisotopic (exact) mass is 314 g/mol. The Kier molecular flexibility index (Phi) is 6.95. The molecule has 0 heterocycles. The van der Waals surface area contributed by atoms with E-state index in [0.29, 0.717) is 10.8 Å². The van der Waals surface area contributed by atoms with Gasteiger partial charge in [-0.15, -0.1) is 0 Å². The summed E-state index contributed by atoms with van der Waals surface area (Å²) in [5.74, 6) is 0.539. The molecule has 0 aliphatic carbocycles. The van der Waals surface area contributed by atoms with Crippen LogP contribution in [0.15, 0.2) is 24.3 Å². The van der Waals surface area contributed by atoms with E-state index in [9.17, 15) is 9.90 Å². The van der Waals surface area contributed by atoms with Crippen LogP contribution in [0.5, 0.6) is 5.75 Å². The van der Waals surface area contributed by atoms with Crippen LogP contribution in [-0.2, 0) is 4.79 Å². The number of hydrogen-bond donors (Lipinski definition) is 3. The highest BCUT2D eigenvalue weighted by Crippen LogP contribution is 2.15. The summed E-state index contributed by atoms with van der Waals surface area (Å²) in [4.78, 5) is 11.6. The second-order valence-corrected chi connectivity index (χ2v) is 6.28. The Morgan fingerprint density at radius 3 is 2.52 bits per heavy atom. The number of halogens is 1. The zero-order valence-corrected chi connectivity index (χ0v) is 13.4. The predicted molar refractivity (Wildman–Crippen MR) is 83.7 cm³/mol. The van der Waals surface area contributed by atoms with Crippen molar-refractivity contribution in [2.24, 2.45) is 0 Å². The van der Waals surface area contributed by atoms with Gasteiger partial charge in [-0.05, 0) is 45.0 Å². The van der Waals surface area contributed by atoms with Gasteiger partial charge in [0.1, 0.15) is 18.5 Å². The Morgan fingerprint density at radius 1 is 1.33 bits per heavy atom. The van der Waals surface area contributed by atoms with Gasteiger partial charge in [-0.3, -0.25) is 4.79 Å². The molecular weight excluding hydrogens is 292 g/mol. The maximum absolute atomic E-state index is 11.6. The first-order valence-corrected chi connectivity index (χ1v) is 7.22. The van der Waals surface area contributed by atoms with Crippen molar-refractivity contribution in [2.45, 2.75) is 32.4 Å². The molecule has 0 aliphatic heterocycles. The second-order valence-electron chi connectivity index (χ2n) is 5.85. The Bertz CT molecular complexity index is 443. The molecule has 0 radical (unpaired) electrons. The van der Waals surface area contributed by atoms with Gasteiger partial charge < -0.3 is 20.5 Å². The molecule has 1 aromatic carbocycles. The molecule has 118 valence electrons. The predicted octanol–water partition coefficient (Wildman–Crippen LogP) is 1.58. The van der Waals surface area contributed by atoms with Crippen LogP contribution in [0.3, 0.4) is 0 Å². The van der Waals surface area contributed by atoms with Crippen LogP contribution in [0.25, 0.3) is 0 Å². The summed E-state index contributed by atoms with van der Waals surface area (Å²) in [5.41, 5.74) is -0.255. The fraction of sp³-hybridized carbons (Fsp3) is 0.533. The summed E-state index contributed by atoms with van der Waals surface area (Å²) < 4.78 is 5.41. The molecule has 1 atom stereocenters. The number of carbonyl (C=O) groups excluding carboxylic acids is 1. The molecule has 1 rings (SSSR count). The van der Waals surface area contributed by atoms with Crippen molar-refractivity contribution in [1.29, 1.82) is 0 Å². The molecule has 0 bridgehead atoms. The smallest absolute Gasteiger partial charge is 0.234 e. The first kappa shape index (κ1) is 17.8. The average Bonchev–Trinajstić information content (AvgIpc) is 2.36. The molecule has 1 unspecified atom stereocenters. The Morgan fingerprint density at radius 2 is 1.95 bits per heavy atom. The van der Waals surface area contributed by atoms with Gasteiger partial charge in [0.25, 0.3) is 0 Å². The molecule has 3 N–H and O–H groups in total. The summed E-state index contributed by atoms with van der Waals surface area (Å²) in [6.07, 6.45) is -0.692. The van der Waals surface area contributed by atoms with E-state index in [0.717, 1.165) is 0 Å². The third-order valence-corrected chi connectivity index (χ3v) is 2.69. The summed E-state index contributed by atoms with van der Waals surface area (Å²) >= 11 is 5.77. The van der Waals surface area contributed by atoms with Gasteiger partial charge >= 0.3 is 0 Å². The minimum Gasteiger partial charge on any atom is -0.491 e. The van der Waals surface area contributed by atoms with Crippen LogP contribution < -0.4 is 15.4 Å². The van der Waals surface area contributed by atoms with Crippen molar-refractivity contribution in [1.82, 2.24) is 10.6 Å². The Labute approximate surface area is 130 Å². The molecule has 0 aliphatic rings. The van der Waals surface area contributed by atoms with E-state index in [1.165, 1.54) is 0 Å². The van der Waals surface area contributed by atoms with Gasteiger partial charge in [-0.1, -0.05) is 11.6 Å². The van der Waals surface area contributed by atoms with Gasteiger partial charge in [-0.2, -0.15) is 0 Å². The van der Waals surface area contributed by atoms with Gasteiger partial charge in [0, 0.05) is 17.1 Å². The first-order chi connectivity index (χ1) is 9.76. The van der Waals surface area contributed by atoms with Crippen LogP contribution in [0.2, 0.25) is 5.02 Å². The number of aliphatic hydroxyl groups excluding tert-OH is 1. The lowest BCUT2D eigenvalue weighted by Crippen LogP contribution is -2.46. The van der Waals surface area contributed by atoms with Crippen molar-refractivity contribution in [3.05, 3.63) is 29.3 Å². The second kappa shape index (κ2) is 8.22. The maximum atomic E-state index is 11.6. The maximum Gasteiger partial charge on any atom is 0.234 e. The van der Waals surface area contributed by atoms with E-state index < -0.39 is 6.10 Å².